The summed E-state index contributed by atoms with van der Waals surface area (Å²) in [7, 11) is 0. The fourth-order valence-corrected chi connectivity index (χ4v) is 2.52. The first-order chi connectivity index (χ1) is 8.25. The maximum Gasteiger partial charge on any atom is 0.260 e. The summed E-state index contributed by atoms with van der Waals surface area (Å²) in [5, 5.41) is 6.01. The molecule has 0 fully saturated rings. The van der Waals surface area contributed by atoms with Crippen molar-refractivity contribution in [3.63, 3.8) is 0 Å². The van der Waals surface area contributed by atoms with E-state index in [1.165, 1.54) is 12.1 Å². The Balaban J connectivity index is 2.56. The average molecular weight is 307 g/mol. The highest BCUT2D eigenvalue weighted by molar-refractivity contribution is 6.42. The standard InChI is InChI=1S/C11H10Cl3N3O/c1-11(2)9(15)16-17(10(11)18)8-6(13)3-5(12)4-7(8)14/h3-4H,1-2H3,(H2,15,16). The molecule has 1 amide bonds. The van der Waals surface area contributed by atoms with Gasteiger partial charge in [-0.2, -0.15) is 10.1 Å². The van der Waals surface area contributed by atoms with Crippen molar-refractivity contribution < 1.29 is 4.79 Å². The second-order valence-electron chi connectivity index (χ2n) is 4.45. The Morgan fingerprint density at radius 2 is 1.72 bits per heavy atom. The summed E-state index contributed by atoms with van der Waals surface area (Å²) in [5.74, 6) is -0.0688. The van der Waals surface area contributed by atoms with Crippen LogP contribution in [0.25, 0.3) is 0 Å². The van der Waals surface area contributed by atoms with Gasteiger partial charge in [-0.05, 0) is 26.0 Å². The van der Waals surface area contributed by atoms with Gasteiger partial charge in [0.25, 0.3) is 5.91 Å². The van der Waals surface area contributed by atoms with Crippen LogP contribution < -0.4 is 10.7 Å². The van der Waals surface area contributed by atoms with Gasteiger partial charge in [0.05, 0.1) is 10.0 Å². The Labute approximate surface area is 119 Å². The molecule has 1 aromatic carbocycles. The number of halogens is 3. The quantitative estimate of drug-likeness (QED) is 0.865. The highest BCUT2D eigenvalue weighted by Gasteiger charge is 2.43. The van der Waals surface area contributed by atoms with Crippen LogP contribution >= 0.6 is 34.8 Å². The van der Waals surface area contributed by atoms with E-state index in [-0.39, 0.29) is 21.8 Å². The molecule has 0 radical (unpaired) electrons. The van der Waals surface area contributed by atoms with E-state index in [2.05, 4.69) is 5.10 Å². The van der Waals surface area contributed by atoms with Crippen LogP contribution in [0.2, 0.25) is 15.1 Å². The molecule has 0 atom stereocenters. The summed E-state index contributed by atoms with van der Waals surface area (Å²) >= 11 is 17.9. The number of hydrogen-bond acceptors (Lipinski definition) is 3. The van der Waals surface area contributed by atoms with Crippen LogP contribution in [0.3, 0.4) is 0 Å². The lowest BCUT2D eigenvalue weighted by Crippen LogP contribution is -2.37. The third kappa shape index (κ3) is 1.94. The summed E-state index contributed by atoms with van der Waals surface area (Å²) in [6.07, 6.45) is 0. The van der Waals surface area contributed by atoms with Crippen molar-refractivity contribution in [1.82, 2.24) is 0 Å². The topological polar surface area (TPSA) is 58.7 Å². The number of nitrogens with zero attached hydrogens (tertiary/aromatic N) is 2. The van der Waals surface area contributed by atoms with Crippen LogP contribution in [0.5, 0.6) is 0 Å². The van der Waals surface area contributed by atoms with Gasteiger partial charge < -0.3 is 5.73 Å². The number of rotatable bonds is 1. The van der Waals surface area contributed by atoms with Gasteiger partial charge in [-0.3, -0.25) is 4.79 Å². The predicted octanol–water partition coefficient (Wildman–Crippen LogP) is 3.29. The lowest BCUT2D eigenvalue weighted by molar-refractivity contribution is -0.122. The minimum Gasteiger partial charge on any atom is -0.385 e. The zero-order valence-electron chi connectivity index (χ0n) is 9.67. The van der Waals surface area contributed by atoms with Gasteiger partial charge in [-0.1, -0.05) is 34.8 Å². The maximum atomic E-state index is 12.2. The third-order valence-electron chi connectivity index (χ3n) is 2.77. The Morgan fingerprint density at radius 1 is 1.22 bits per heavy atom. The number of nitrogens with two attached hydrogens (primary N) is 1. The molecule has 0 unspecified atom stereocenters. The van der Waals surface area contributed by atoms with Crippen molar-refractivity contribution in [2.75, 3.05) is 5.01 Å². The summed E-state index contributed by atoms with van der Waals surface area (Å²) in [6, 6.07) is 2.99. The van der Waals surface area contributed by atoms with Gasteiger partial charge in [0.1, 0.15) is 16.9 Å². The minimum atomic E-state index is -0.869. The van der Waals surface area contributed by atoms with Crippen molar-refractivity contribution in [2.24, 2.45) is 16.3 Å². The maximum absolute atomic E-state index is 12.2. The SMILES string of the molecule is CC1(C)C(=O)N(c2c(Cl)cc(Cl)cc2Cl)N=C1N. The molecule has 0 saturated carbocycles. The van der Waals surface area contributed by atoms with Gasteiger partial charge in [0.15, 0.2) is 0 Å². The van der Waals surface area contributed by atoms with E-state index in [1.807, 2.05) is 0 Å². The molecule has 0 spiro atoms. The minimum absolute atomic E-state index is 0.217. The van der Waals surface area contributed by atoms with Gasteiger partial charge in [-0.15, -0.1) is 0 Å². The van der Waals surface area contributed by atoms with E-state index in [0.717, 1.165) is 5.01 Å². The van der Waals surface area contributed by atoms with Crippen molar-refractivity contribution in [1.29, 1.82) is 0 Å². The highest BCUT2D eigenvalue weighted by Crippen LogP contribution is 2.40. The van der Waals surface area contributed by atoms with E-state index in [9.17, 15) is 4.79 Å². The number of anilines is 1. The van der Waals surface area contributed by atoms with E-state index in [0.29, 0.717) is 10.7 Å². The smallest absolute Gasteiger partial charge is 0.260 e. The second kappa shape index (κ2) is 4.30. The molecule has 0 aliphatic carbocycles. The van der Waals surface area contributed by atoms with Gasteiger partial charge in [0, 0.05) is 5.02 Å². The lowest BCUT2D eigenvalue weighted by atomic mass is 9.92. The van der Waals surface area contributed by atoms with E-state index >= 15 is 0 Å². The molecule has 0 bridgehead atoms. The first-order valence-corrected chi connectivity index (χ1v) is 6.22. The van der Waals surface area contributed by atoms with Crippen LogP contribution in [0.4, 0.5) is 5.69 Å². The molecular weight excluding hydrogens is 296 g/mol. The highest BCUT2D eigenvalue weighted by atomic mass is 35.5. The molecule has 2 N–H and O–H groups in total. The van der Waals surface area contributed by atoms with Gasteiger partial charge in [-0.25, -0.2) is 0 Å². The van der Waals surface area contributed by atoms with Gasteiger partial charge in [0.2, 0.25) is 0 Å². The molecule has 1 aliphatic heterocycles. The van der Waals surface area contributed by atoms with E-state index in [1.54, 1.807) is 13.8 Å². The van der Waals surface area contributed by atoms with Crippen molar-refractivity contribution in [3.05, 3.63) is 27.2 Å². The Kier molecular flexibility index (Phi) is 3.21. The Morgan fingerprint density at radius 3 is 2.11 bits per heavy atom. The normalized spacial score (nSPS) is 18.2. The van der Waals surface area contributed by atoms with E-state index < -0.39 is 5.41 Å². The monoisotopic (exact) mass is 305 g/mol. The van der Waals surface area contributed by atoms with Crippen molar-refractivity contribution >= 4 is 52.2 Å². The first-order valence-electron chi connectivity index (χ1n) is 5.09. The van der Waals surface area contributed by atoms with Crippen molar-refractivity contribution in [3.8, 4) is 0 Å². The second-order valence-corrected chi connectivity index (χ2v) is 5.70. The van der Waals surface area contributed by atoms with E-state index in [4.69, 9.17) is 40.5 Å². The molecule has 0 aromatic heterocycles. The summed E-state index contributed by atoms with van der Waals surface area (Å²) in [4.78, 5) is 12.2. The number of carbonyl (C=O) groups is 1. The zero-order valence-corrected chi connectivity index (χ0v) is 11.9. The largest absolute Gasteiger partial charge is 0.385 e. The Bertz CT molecular complexity index is 546. The average Bonchev–Trinajstić information content (AvgIpc) is 2.41. The lowest BCUT2D eigenvalue weighted by Gasteiger charge is -2.19. The van der Waals surface area contributed by atoms with Gasteiger partial charge >= 0.3 is 0 Å². The molecule has 4 nitrogen and oxygen atoms in total. The molecule has 1 aromatic rings. The van der Waals surface area contributed by atoms with Crippen LogP contribution in [-0.4, -0.2) is 11.7 Å². The first kappa shape index (κ1) is 13.5. The van der Waals surface area contributed by atoms with Crippen LogP contribution in [-0.2, 0) is 4.79 Å². The number of amidine groups is 1. The summed E-state index contributed by atoms with van der Waals surface area (Å²) in [5.41, 5.74) is 5.16. The molecule has 1 heterocycles. The Hall–Kier alpha value is -0.970. The van der Waals surface area contributed by atoms with Crippen LogP contribution in [0.1, 0.15) is 13.8 Å². The number of amides is 1. The molecular formula is C11H10Cl3N3O. The molecule has 96 valence electrons. The fraction of sp³-hybridized carbons (Fsp3) is 0.273. The predicted molar refractivity (Wildman–Crippen MR) is 74.4 cm³/mol. The zero-order chi connectivity index (χ0) is 13.7. The number of hydrogen-bond donors (Lipinski definition) is 1. The van der Waals surface area contributed by atoms with Crippen LogP contribution in [0, 0.1) is 5.41 Å². The fourth-order valence-electron chi connectivity index (χ4n) is 1.54. The third-order valence-corrected chi connectivity index (χ3v) is 3.56. The molecule has 7 heteroatoms. The number of hydrazone groups is 1. The van der Waals surface area contributed by atoms with Crippen molar-refractivity contribution in [2.45, 2.75) is 13.8 Å². The molecule has 18 heavy (non-hydrogen) atoms. The summed E-state index contributed by atoms with van der Waals surface area (Å²) in [6.45, 7) is 3.37. The number of carbonyl (C=O) groups excluding carboxylic acids is 1. The molecule has 2 rings (SSSR count). The van der Waals surface area contributed by atoms with Crippen LogP contribution in [0.15, 0.2) is 17.2 Å². The molecule has 0 saturated heterocycles. The number of benzene rings is 1. The summed E-state index contributed by atoms with van der Waals surface area (Å²) < 4.78 is 0. The molecule has 1 aliphatic rings.